The van der Waals surface area contributed by atoms with Crippen molar-refractivity contribution in [2.24, 2.45) is 7.05 Å². The molecular weight excluding hydrogens is 332 g/mol. The second kappa shape index (κ2) is 5.50. The Balaban J connectivity index is 2.08. The van der Waals surface area contributed by atoms with Gasteiger partial charge in [0.05, 0.1) is 22.3 Å². The maximum atomic E-state index is 9.49. The highest BCUT2D eigenvalue weighted by Gasteiger charge is 2.16. The first-order chi connectivity index (χ1) is 10.1. The van der Waals surface area contributed by atoms with E-state index >= 15 is 0 Å². The Labute approximate surface area is 131 Å². The van der Waals surface area contributed by atoms with Crippen LogP contribution in [0.1, 0.15) is 11.3 Å². The van der Waals surface area contributed by atoms with Crippen molar-refractivity contribution >= 4 is 26.7 Å². The Morgan fingerprint density at radius 1 is 1.24 bits per heavy atom. The number of rotatable bonds is 3. The predicted molar refractivity (Wildman–Crippen MR) is 85.6 cm³/mol. The van der Waals surface area contributed by atoms with Crippen LogP contribution < -0.4 is 4.74 Å². The predicted octanol–water partition coefficient (Wildman–Crippen LogP) is 3.93. The first-order valence-corrected chi connectivity index (χ1v) is 7.39. The third-order valence-electron chi connectivity index (χ3n) is 3.48. The fourth-order valence-electron chi connectivity index (χ4n) is 2.39. The van der Waals surface area contributed by atoms with Crippen LogP contribution in [0.5, 0.6) is 11.6 Å². The molecule has 0 bridgehead atoms. The van der Waals surface area contributed by atoms with E-state index in [9.17, 15) is 5.11 Å². The first-order valence-electron chi connectivity index (χ1n) is 6.60. The zero-order valence-electron chi connectivity index (χ0n) is 11.8. The van der Waals surface area contributed by atoms with Gasteiger partial charge < -0.3 is 9.84 Å². The van der Waals surface area contributed by atoms with Gasteiger partial charge in [0.15, 0.2) is 0 Å². The number of aliphatic hydroxyl groups excluding tert-OH is 1. The monoisotopic (exact) mass is 346 g/mol. The van der Waals surface area contributed by atoms with E-state index in [-0.39, 0.29) is 6.61 Å². The van der Waals surface area contributed by atoms with Gasteiger partial charge in [0.1, 0.15) is 5.75 Å². The van der Waals surface area contributed by atoms with E-state index in [1.54, 1.807) is 11.7 Å². The van der Waals surface area contributed by atoms with Crippen LogP contribution in [0.15, 0.2) is 40.9 Å². The fourth-order valence-corrected chi connectivity index (χ4v) is 2.96. The molecule has 108 valence electrons. The quantitative estimate of drug-likeness (QED) is 0.781. The molecule has 0 spiro atoms. The van der Waals surface area contributed by atoms with E-state index in [1.807, 2.05) is 37.3 Å². The average molecular weight is 347 g/mol. The molecule has 0 amide bonds. The van der Waals surface area contributed by atoms with Crippen LogP contribution in [-0.2, 0) is 13.7 Å². The van der Waals surface area contributed by atoms with Crippen molar-refractivity contribution in [1.82, 2.24) is 9.78 Å². The molecule has 0 aliphatic heterocycles. The highest BCUT2D eigenvalue weighted by atomic mass is 79.9. The number of ether oxygens (including phenoxy) is 1. The van der Waals surface area contributed by atoms with Gasteiger partial charge in [-0.15, -0.1) is 0 Å². The summed E-state index contributed by atoms with van der Waals surface area (Å²) in [6.45, 7) is 1.76. The molecular formula is C16H15BrN2O2. The Morgan fingerprint density at radius 3 is 2.76 bits per heavy atom. The molecule has 0 radical (unpaired) electrons. The normalized spacial score (nSPS) is 11.0. The topological polar surface area (TPSA) is 47.3 Å². The van der Waals surface area contributed by atoms with Crippen molar-refractivity contribution in [3.05, 3.63) is 52.1 Å². The van der Waals surface area contributed by atoms with Crippen molar-refractivity contribution in [2.45, 2.75) is 13.5 Å². The maximum absolute atomic E-state index is 9.49. The van der Waals surface area contributed by atoms with Crippen LogP contribution in [0.25, 0.3) is 10.8 Å². The molecule has 2 aromatic carbocycles. The summed E-state index contributed by atoms with van der Waals surface area (Å²) in [7, 11) is 1.80. The fraction of sp³-hybridized carbons (Fsp3) is 0.188. The molecule has 0 saturated heterocycles. The molecule has 0 aliphatic carbocycles. The van der Waals surface area contributed by atoms with Gasteiger partial charge >= 0.3 is 0 Å². The van der Waals surface area contributed by atoms with Gasteiger partial charge in [-0.3, -0.25) is 0 Å². The summed E-state index contributed by atoms with van der Waals surface area (Å²) >= 11 is 3.60. The van der Waals surface area contributed by atoms with E-state index in [0.717, 1.165) is 20.9 Å². The number of fused-ring (bicyclic) bond motifs is 1. The SMILES string of the molecule is Cc1nn(C)c(Oc2ccc3ccccc3c2Br)c1CO. The zero-order valence-corrected chi connectivity index (χ0v) is 13.4. The third kappa shape index (κ3) is 2.43. The first kappa shape index (κ1) is 14.1. The Bertz CT molecular complexity index is 811. The van der Waals surface area contributed by atoms with Gasteiger partial charge in [0, 0.05) is 7.05 Å². The lowest BCUT2D eigenvalue weighted by Crippen LogP contribution is -1.97. The molecule has 21 heavy (non-hydrogen) atoms. The molecule has 0 unspecified atom stereocenters. The second-order valence-corrected chi connectivity index (χ2v) is 5.64. The van der Waals surface area contributed by atoms with Gasteiger partial charge in [-0.1, -0.05) is 30.3 Å². The van der Waals surface area contributed by atoms with Crippen LogP contribution in [0, 0.1) is 6.92 Å². The lowest BCUT2D eigenvalue weighted by atomic mass is 10.1. The van der Waals surface area contributed by atoms with Gasteiger partial charge in [-0.2, -0.15) is 5.10 Å². The van der Waals surface area contributed by atoms with Gasteiger partial charge in [0.2, 0.25) is 5.88 Å². The van der Waals surface area contributed by atoms with Gasteiger partial charge in [-0.25, -0.2) is 4.68 Å². The number of aromatic nitrogens is 2. The van der Waals surface area contributed by atoms with Crippen molar-refractivity contribution in [2.75, 3.05) is 0 Å². The molecule has 3 aromatic rings. The van der Waals surface area contributed by atoms with Crippen LogP contribution in [0.4, 0.5) is 0 Å². The highest BCUT2D eigenvalue weighted by Crippen LogP contribution is 2.37. The number of aliphatic hydroxyl groups is 1. The van der Waals surface area contributed by atoms with Crippen LogP contribution in [-0.4, -0.2) is 14.9 Å². The molecule has 0 atom stereocenters. The summed E-state index contributed by atoms with van der Waals surface area (Å²) in [5, 5.41) is 16.0. The number of hydrogen-bond donors (Lipinski definition) is 1. The lowest BCUT2D eigenvalue weighted by molar-refractivity contribution is 0.274. The number of aryl methyl sites for hydroxylation is 2. The average Bonchev–Trinajstić information content (AvgIpc) is 2.75. The minimum atomic E-state index is -0.0970. The van der Waals surface area contributed by atoms with Crippen molar-refractivity contribution in [3.8, 4) is 11.6 Å². The van der Waals surface area contributed by atoms with Crippen LogP contribution in [0.3, 0.4) is 0 Å². The lowest BCUT2D eigenvalue weighted by Gasteiger charge is -2.11. The zero-order chi connectivity index (χ0) is 15.0. The molecule has 0 fully saturated rings. The number of nitrogens with zero attached hydrogens (tertiary/aromatic N) is 2. The second-order valence-electron chi connectivity index (χ2n) is 4.85. The van der Waals surface area contributed by atoms with Crippen LogP contribution >= 0.6 is 15.9 Å². The van der Waals surface area contributed by atoms with E-state index in [1.165, 1.54) is 0 Å². The molecule has 4 nitrogen and oxygen atoms in total. The summed E-state index contributed by atoms with van der Waals surface area (Å²) in [6, 6.07) is 12.0. The van der Waals surface area contributed by atoms with Gasteiger partial charge in [-0.05, 0) is 39.7 Å². The smallest absolute Gasteiger partial charge is 0.223 e. The van der Waals surface area contributed by atoms with E-state index in [0.29, 0.717) is 17.2 Å². The van der Waals surface area contributed by atoms with Crippen molar-refractivity contribution in [3.63, 3.8) is 0 Å². The van der Waals surface area contributed by atoms with E-state index in [2.05, 4.69) is 27.1 Å². The summed E-state index contributed by atoms with van der Waals surface area (Å²) in [6.07, 6.45) is 0. The minimum Gasteiger partial charge on any atom is -0.438 e. The number of hydrogen-bond acceptors (Lipinski definition) is 3. The molecule has 1 N–H and O–H groups in total. The summed E-state index contributed by atoms with van der Waals surface area (Å²) in [5.74, 6) is 1.26. The minimum absolute atomic E-state index is 0.0970. The Hall–Kier alpha value is -1.85. The Kier molecular flexibility index (Phi) is 3.69. The van der Waals surface area contributed by atoms with E-state index in [4.69, 9.17) is 4.74 Å². The summed E-state index contributed by atoms with van der Waals surface area (Å²) in [4.78, 5) is 0. The van der Waals surface area contributed by atoms with Gasteiger partial charge in [0.25, 0.3) is 0 Å². The summed E-state index contributed by atoms with van der Waals surface area (Å²) < 4.78 is 8.52. The highest BCUT2D eigenvalue weighted by molar-refractivity contribution is 9.10. The Morgan fingerprint density at radius 2 is 2.00 bits per heavy atom. The number of benzene rings is 2. The molecule has 3 rings (SSSR count). The molecule has 0 aliphatic rings. The molecule has 1 aromatic heterocycles. The largest absolute Gasteiger partial charge is 0.438 e. The molecule has 0 saturated carbocycles. The van der Waals surface area contributed by atoms with Crippen molar-refractivity contribution < 1.29 is 9.84 Å². The standard InChI is InChI=1S/C16H15BrN2O2/c1-10-13(9-20)16(19(2)18-10)21-14-8-7-11-5-3-4-6-12(11)15(14)17/h3-8,20H,9H2,1-2H3. The third-order valence-corrected chi connectivity index (χ3v) is 4.30. The van der Waals surface area contributed by atoms with Crippen molar-refractivity contribution in [1.29, 1.82) is 0 Å². The molecule has 5 heteroatoms. The number of halogens is 1. The summed E-state index contributed by atoms with van der Waals surface area (Å²) in [5.41, 5.74) is 1.48. The maximum Gasteiger partial charge on any atom is 0.223 e. The van der Waals surface area contributed by atoms with E-state index < -0.39 is 0 Å². The van der Waals surface area contributed by atoms with Crippen LogP contribution in [0.2, 0.25) is 0 Å². The molecule has 1 heterocycles.